The maximum Gasteiger partial charge on any atom is 0.0612 e. The number of rotatable bonds is 1. The van der Waals surface area contributed by atoms with E-state index in [0.29, 0.717) is 22.1 Å². The minimum atomic E-state index is 0.487. The fraction of sp³-hybridized carbons (Fsp3) is 0.538. The molecule has 0 saturated carbocycles. The summed E-state index contributed by atoms with van der Waals surface area (Å²) in [4.78, 5) is 4.78. The molecule has 0 aromatic heterocycles. The smallest absolute Gasteiger partial charge is 0.0612 e. The van der Waals surface area contributed by atoms with Crippen molar-refractivity contribution in [2.45, 2.75) is 25.9 Å². The average molecular weight is 273 g/mol. The minimum absolute atomic E-state index is 0.487. The Hall–Kier alpha value is -0.440. The molecule has 0 spiro atoms. The molecule has 2 atom stereocenters. The number of piperazine rings is 1. The Morgan fingerprint density at radius 2 is 1.65 bits per heavy atom. The Balaban J connectivity index is 2.28. The summed E-state index contributed by atoms with van der Waals surface area (Å²) >= 11 is 12.0. The second-order valence-corrected chi connectivity index (χ2v) is 5.74. The molecule has 1 heterocycles. The maximum absolute atomic E-state index is 6.09. The van der Waals surface area contributed by atoms with Crippen molar-refractivity contribution in [1.82, 2.24) is 4.90 Å². The first-order valence-corrected chi connectivity index (χ1v) is 6.66. The van der Waals surface area contributed by atoms with Gasteiger partial charge in [0.05, 0.1) is 10.0 Å². The first-order valence-electron chi connectivity index (χ1n) is 5.91. The molecule has 0 N–H and O–H groups in total. The Morgan fingerprint density at radius 3 is 2.18 bits per heavy atom. The van der Waals surface area contributed by atoms with Crippen molar-refractivity contribution in [1.29, 1.82) is 0 Å². The molecule has 1 aliphatic heterocycles. The van der Waals surface area contributed by atoms with E-state index >= 15 is 0 Å². The number of nitrogens with zero attached hydrogens (tertiary/aromatic N) is 2. The zero-order valence-corrected chi connectivity index (χ0v) is 12.0. The van der Waals surface area contributed by atoms with Crippen LogP contribution in [-0.2, 0) is 0 Å². The van der Waals surface area contributed by atoms with Gasteiger partial charge in [-0.2, -0.15) is 0 Å². The summed E-state index contributed by atoms with van der Waals surface area (Å²) in [6.45, 7) is 6.64. The molecule has 1 fully saturated rings. The average Bonchev–Trinajstić information content (AvgIpc) is 2.21. The quantitative estimate of drug-likeness (QED) is 0.772. The van der Waals surface area contributed by atoms with Crippen molar-refractivity contribution in [3.8, 4) is 0 Å². The standard InChI is InChI=1S/C13H18Cl2N2/c1-9-7-16(3)8-10(2)17(9)11-4-5-12(14)13(15)6-11/h4-6,9-10H,7-8H2,1-3H3/t9-,10+. The lowest BCUT2D eigenvalue weighted by Gasteiger charge is -2.44. The Labute approximate surface area is 113 Å². The third-order valence-electron chi connectivity index (χ3n) is 3.30. The zero-order chi connectivity index (χ0) is 12.6. The second-order valence-electron chi connectivity index (χ2n) is 4.92. The number of halogens is 2. The van der Waals surface area contributed by atoms with Crippen molar-refractivity contribution in [3.63, 3.8) is 0 Å². The van der Waals surface area contributed by atoms with Gasteiger partial charge in [0.1, 0.15) is 0 Å². The predicted octanol–water partition coefficient (Wildman–Crippen LogP) is 3.52. The molecule has 17 heavy (non-hydrogen) atoms. The van der Waals surface area contributed by atoms with Crippen LogP contribution in [0.1, 0.15) is 13.8 Å². The lowest BCUT2D eigenvalue weighted by molar-refractivity contribution is 0.240. The van der Waals surface area contributed by atoms with Gasteiger partial charge >= 0.3 is 0 Å². The Morgan fingerprint density at radius 1 is 1.06 bits per heavy atom. The van der Waals surface area contributed by atoms with Gasteiger partial charge in [-0.05, 0) is 39.1 Å². The summed E-state index contributed by atoms with van der Waals surface area (Å²) in [7, 11) is 2.17. The molecule has 2 nitrogen and oxygen atoms in total. The van der Waals surface area contributed by atoms with Crippen molar-refractivity contribution in [2.24, 2.45) is 0 Å². The fourth-order valence-corrected chi connectivity index (χ4v) is 3.03. The highest BCUT2D eigenvalue weighted by Gasteiger charge is 2.27. The number of anilines is 1. The number of benzene rings is 1. The lowest BCUT2D eigenvalue weighted by Crippen LogP contribution is -2.55. The summed E-state index contributed by atoms with van der Waals surface area (Å²) in [5, 5.41) is 1.24. The molecule has 1 aromatic carbocycles. The molecular weight excluding hydrogens is 255 g/mol. The first kappa shape index (κ1) is 13.0. The molecule has 0 unspecified atom stereocenters. The van der Waals surface area contributed by atoms with Crippen molar-refractivity contribution in [3.05, 3.63) is 28.2 Å². The van der Waals surface area contributed by atoms with Gasteiger partial charge in [-0.3, -0.25) is 0 Å². The highest BCUT2D eigenvalue weighted by atomic mass is 35.5. The Bertz CT molecular complexity index is 396. The van der Waals surface area contributed by atoms with Gasteiger partial charge in [0.2, 0.25) is 0 Å². The van der Waals surface area contributed by atoms with Crippen LogP contribution in [-0.4, -0.2) is 37.1 Å². The van der Waals surface area contributed by atoms with Crippen LogP contribution in [0.3, 0.4) is 0 Å². The number of hydrogen-bond donors (Lipinski definition) is 0. The topological polar surface area (TPSA) is 6.48 Å². The van der Waals surface area contributed by atoms with Gasteiger partial charge in [-0.25, -0.2) is 0 Å². The van der Waals surface area contributed by atoms with E-state index < -0.39 is 0 Å². The molecule has 0 amide bonds. The summed E-state index contributed by atoms with van der Waals surface area (Å²) in [5.41, 5.74) is 1.16. The molecule has 94 valence electrons. The summed E-state index contributed by atoms with van der Waals surface area (Å²) < 4.78 is 0. The van der Waals surface area contributed by atoms with E-state index in [4.69, 9.17) is 23.2 Å². The third-order valence-corrected chi connectivity index (χ3v) is 4.04. The fourth-order valence-electron chi connectivity index (χ4n) is 2.74. The van der Waals surface area contributed by atoms with E-state index in [2.05, 4.69) is 30.7 Å². The first-order chi connectivity index (χ1) is 7.99. The van der Waals surface area contributed by atoms with Crippen LogP contribution in [0.25, 0.3) is 0 Å². The predicted molar refractivity (Wildman–Crippen MR) is 75.4 cm³/mol. The molecule has 1 aromatic rings. The summed E-state index contributed by atoms with van der Waals surface area (Å²) in [6, 6.07) is 6.85. The monoisotopic (exact) mass is 272 g/mol. The third kappa shape index (κ3) is 2.70. The van der Waals surface area contributed by atoms with E-state index in [9.17, 15) is 0 Å². The van der Waals surface area contributed by atoms with Crippen molar-refractivity contribution in [2.75, 3.05) is 25.0 Å². The largest absolute Gasteiger partial charge is 0.364 e. The van der Waals surface area contributed by atoms with Crippen LogP contribution in [0.5, 0.6) is 0 Å². The van der Waals surface area contributed by atoms with Crippen LogP contribution in [0.15, 0.2) is 18.2 Å². The molecule has 2 rings (SSSR count). The molecular formula is C13H18Cl2N2. The summed E-state index contributed by atoms with van der Waals surface area (Å²) in [6.07, 6.45) is 0. The minimum Gasteiger partial charge on any atom is -0.364 e. The van der Waals surface area contributed by atoms with Crippen molar-refractivity contribution < 1.29 is 0 Å². The van der Waals surface area contributed by atoms with Gasteiger partial charge < -0.3 is 9.80 Å². The second kappa shape index (κ2) is 5.05. The van der Waals surface area contributed by atoms with Crippen LogP contribution in [0, 0.1) is 0 Å². The molecule has 1 aliphatic rings. The van der Waals surface area contributed by atoms with E-state index in [1.165, 1.54) is 0 Å². The van der Waals surface area contributed by atoms with Gasteiger partial charge in [-0.1, -0.05) is 23.2 Å². The van der Waals surface area contributed by atoms with Gasteiger partial charge in [0.15, 0.2) is 0 Å². The van der Waals surface area contributed by atoms with Gasteiger partial charge in [0.25, 0.3) is 0 Å². The molecule has 4 heteroatoms. The van der Waals surface area contributed by atoms with Crippen LogP contribution in [0.4, 0.5) is 5.69 Å². The molecule has 0 aliphatic carbocycles. The molecule has 0 radical (unpaired) electrons. The summed E-state index contributed by atoms with van der Waals surface area (Å²) in [5.74, 6) is 0. The zero-order valence-electron chi connectivity index (χ0n) is 10.5. The van der Waals surface area contributed by atoms with Crippen molar-refractivity contribution >= 4 is 28.9 Å². The van der Waals surface area contributed by atoms with Crippen LogP contribution >= 0.6 is 23.2 Å². The SMILES string of the molecule is C[C@@H]1CN(C)C[C@H](C)N1c1ccc(Cl)c(Cl)c1. The van der Waals surface area contributed by atoms with Gasteiger partial charge in [-0.15, -0.1) is 0 Å². The molecule has 1 saturated heterocycles. The van der Waals surface area contributed by atoms with Crippen LogP contribution < -0.4 is 4.90 Å². The highest BCUT2D eigenvalue weighted by Crippen LogP contribution is 2.30. The normalized spacial score (nSPS) is 26.3. The van der Waals surface area contributed by atoms with Gasteiger partial charge in [0, 0.05) is 30.9 Å². The Kier molecular flexibility index (Phi) is 3.86. The number of likely N-dealkylation sites (N-methyl/N-ethyl adjacent to an activating group) is 1. The molecule has 0 bridgehead atoms. The van der Waals surface area contributed by atoms with E-state index in [1.54, 1.807) is 0 Å². The van der Waals surface area contributed by atoms with E-state index in [-0.39, 0.29) is 0 Å². The maximum atomic E-state index is 6.09. The van der Waals surface area contributed by atoms with E-state index in [1.807, 2.05) is 18.2 Å². The van der Waals surface area contributed by atoms with E-state index in [0.717, 1.165) is 18.8 Å². The number of hydrogen-bond acceptors (Lipinski definition) is 2. The lowest BCUT2D eigenvalue weighted by atomic mass is 10.1. The van der Waals surface area contributed by atoms with Crippen LogP contribution in [0.2, 0.25) is 10.0 Å². The highest BCUT2D eigenvalue weighted by molar-refractivity contribution is 6.42.